The van der Waals surface area contributed by atoms with E-state index in [1.54, 1.807) is 16.7 Å². The predicted molar refractivity (Wildman–Crippen MR) is 87.1 cm³/mol. The van der Waals surface area contributed by atoms with Crippen molar-refractivity contribution in [3.8, 4) is 22.8 Å². The summed E-state index contributed by atoms with van der Waals surface area (Å²) in [4.78, 5) is 0. The van der Waals surface area contributed by atoms with Crippen LogP contribution in [0.4, 0.5) is 0 Å². The van der Waals surface area contributed by atoms with Crippen molar-refractivity contribution in [2.75, 3.05) is 0 Å². The summed E-state index contributed by atoms with van der Waals surface area (Å²) in [6, 6.07) is 15.3. The van der Waals surface area contributed by atoms with Crippen molar-refractivity contribution in [3.05, 3.63) is 86.0 Å². The van der Waals surface area contributed by atoms with Crippen LogP contribution in [0.1, 0.15) is 0 Å². The van der Waals surface area contributed by atoms with Crippen molar-refractivity contribution in [2.24, 2.45) is 7.05 Å². The Hall–Kier alpha value is -3.34. The maximum absolute atomic E-state index is 9.98. The lowest BCUT2D eigenvalue weighted by atomic mass is 10.2. The molecule has 4 rings (SSSR count). The summed E-state index contributed by atoms with van der Waals surface area (Å²) >= 11 is 0. The molecule has 0 amide bonds. The lowest BCUT2D eigenvalue weighted by Crippen LogP contribution is -2.28. The number of aromatic hydroxyl groups is 1. The topological polar surface area (TPSA) is 37.8 Å². The highest BCUT2D eigenvalue weighted by Crippen LogP contribution is 2.16. The van der Waals surface area contributed by atoms with E-state index in [1.165, 1.54) is 0 Å². The third-order valence-corrected chi connectivity index (χ3v) is 3.81. The second-order valence-electron chi connectivity index (χ2n) is 5.53. The van der Waals surface area contributed by atoms with Gasteiger partial charge in [-0.15, -0.1) is 0 Å². The summed E-state index contributed by atoms with van der Waals surface area (Å²) in [5.41, 5.74) is 2.69. The molecule has 1 N–H and O–H groups in total. The average molecular weight is 316 g/mol. The summed E-state index contributed by atoms with van der Waals surface area (Å²) in [6.45, 7) is 0. The molecule has 5 heteroatoms. The number of aromatic nitrogens is 4. The van der Waals surface area contributed by atoms with Crippen LogP contribution >= 0.6 is 0 Å². The Balaban J connectivity index is 1.72. The van der Waals surface area contributed by atoms with Gasteiger partial charge in [0.2, 0.25) is 6.33 Å². The minimum absolute atomic E-state index is 0.222. The van der Waals surface area contributed by atoms with Crippen LogP contribution in [0.2, 0.25) is 0 Å². The van der Waals surface area contributed by atoms with E-state index in [0.29, 0.717) is 5.69 Å². The first kappa shape index (κ1) is 14.3. The van der Waals surface area contributed by atoms with Crippen molar-refractivity contribution < 1.29 is 14.2 Å². The van der Waals surface area contributed by atoms with Crippen LogP contribution in [-0.4, -0.2) is 14.2 Å². The molecule has 0 saturated carbocycles. The van der Waals surface area contributed by atoms with Gasteiger partial charge in [0.05, 0.1) is 12.7 Å². The number of phenolic OH excluding ortho intramolecular Hbond substituents is 1. The molecule has 0 fully saturated rings. The number of para-hydroxylation sites is 2. The van der Waals surface area contributed by atoms with Gasteiger partial charge in [-0.2, -0.15) is 0 Å². The molecule has 0 atom stereocenters. The Morgan fingerprint density at radius 3 is 2.29 bits per heavy atom. The zero-order valence-electron chi connectivity index (χ0n) is 13.2. The van der Waals surface area contributed by atoms with Crippen LogP contribution in [0.25, 0.3) is 17.1 Å². The Kier molecular flexibility index (Phi) is 3.39. The lowest BCUT2D eigenvalue weighted by Gasteiger charge is -2.07. The van der Waals surface area contributed by atoms with Crippen molar-refractivity contribution in [1.29, 1.82) is 0 Å². The maximum atomic E-state index is 9.98. The molecule has 0 aliphatic heterocycles. The van der Waals surface area contributed by atoms with Gasteiger partial charge in [0.25, 0.3) is 6.33 Å². The van der Waals surface area contributed by atoms with Crippen LogP contribution < -0.4 is 9.13 Å². The number of hydrogen-bond donors (Lipinski definition) is 1. The molecule has 2 heterocycles. The molecule has 118 valence electrons. The molecule has 0 unspecified atom stereocenters. The zero-order chi connectivity index (χ0) is 16.5. The summed E-state index contributed by atoms with van der Waals surface area (Å²) in [5, 5.41) is 9.98. The van der Waals surface area contributed by atoms with Gasteiger partial charge >= 0.3 is 0 Å². The fourth-order valence-electron chi connectivity index (χ4n) is 2.60. The maximum Gasteiger partial charge on any atom is 0.268 e. The molecule has 2 aromatic heterocycles. The minimum atomic E-state index is 0.222. The van der Waals surface area contributed by atoms with E-state index in [2.05, 4.69) is 18.7 Å². The molecule has 0 spiro atoms. The summed E-state index contributed by atoms with van der Waals surface area (Å²) in [5.74, 6) is 0.222. The minimum Gasteiger partial charge on any atom is -0.511 e. The number of rotatable bonds is 3. The van der Waals surface area contributed by atoms with E-state index in [9.17, 15) is 5.11 Å². The Morgan fingerprint density at radius 2 is 1.58 bits per heavy atom. The van der Waals surface area contributed by atoms with Crippen LogP contribution in [0.5, 0.6) is 5.75 Å². The van der Waals surface area contributed by atoms with E-state index in [0.717, 1.165) is 11.4 Å². The highest BCUT2D eigenvalue weighted by molar-refractivity contribution is 5.43. The molecular formula is C19H16N4O. The monoisotopic (exact) mass is 316 g/mol. The molecule has 24 heavy (non-hydrogen) atoms. The predicted octanol–water partition coefficient (Wildman–Crippen LogP) is 1.68. The molecule has 0 aliphatic rings. The van der Waals surface area contributed by atoms with Crippen molar-refractivity contribution in [3.63, 3.8) is 0 Å². The molecule has 0 saturated heterocycles. The third kappa shape index (κ3) is 2.56. The van der Waals surface area contributed by atoms with E-state index in [4.69, 9.17) is 0 Å². The van der Waals surface area contributed by atoms with Crippen LogP contribution in [0.15, 0.2) is 73.3 Å². The highest BCUT2D eigenvalue weighted by atomic mass is 16.3. The smallest absolute Gasteiger partial charge is 0.268 e. The average Bonchev–Trinajstić information content (AvgIpc) is 3.25. The lowest BCUT2D eigenvalue weighted by molar-refractivity contribution is -0.674. The van der Waals surface area contributed by atoms with E-state index >= 15 is 0 Å². The Bertz CT molecular complexity index is 1000. The first-order valence-corrected chi connectivity index (χ1v) is 7.58. The van der Waals surface area contributed by atoms with Crippen molar-refractivity contribution >= 4 is 0 Å². The number of nitrogens with zero attached hydrogens (tertiary/aromatic N) is 4. The second-order valence-corrected chi connectivity index (χ2v) is 5.53. The van der Waals surface area contributed by atoms with Crippen LogP contribution in [0.3, 0.4) is 0 Å². The summed E-state index contributed by atoms with van der Waals surface area (Å²) < 4.78 is 7.47. The first-order chi connectivity index (χ1) is 11.7. The van der Waals surface area contributed by atoms with Gasteiger partial charge in [-0.1, -0.05) is 30.3 Å². The third-order valence-electron chi connectivity index (χ3n) is 3.81. The fourth-order valence-corrected chi connectivity index (χ4v) is 2.60. The van der Waals surface area contributed by atoms with Gasteiger partial charge < -0.3 is 14.2 Å². The van der Waals surface area contributed by atoms with Crippen LogP contribution in [-0.2, 0) is 7.05 Å². The number of benzene rings is 2. The number of aryl methyl sites for hydroxylation is 1. The number of hydrogen-bond acceptors (Lipinski definition) is 1. The quantitative estimate of drug-likeness (QED) is 0.453. The van der Waals surface area contributed by atoms with Gasteiger partial charge in [-0.05, 0) is 18.2 Å². The second kappa shape index (κ2) is 5.70. The van der Waals surface area contributed by atoms with E-state index < -0.39 is 0 Å². The van der Waals surface area contributed by atoms with Crippen molar-refractivity contribution in [2.45, 2.75) is 0 Å². The zero-order valence-corrected chi connectivity index (χ0v) is 13.2. The number of imidazole rings is 2. The molecule has 2 aromatic carbocycles. The molecule has 4 aromatic rings. The standard InChI is InChI=1S/C19H16N4O/c1-20-9-10-21(14-20)16-5-4-6-17(13-16)22-11-12-23(15-22)18-7-2-3-8-19(18)24/h2-13,24H,1H3. The number of phenols is 1. The molecule has 0 bridgehead atoms. The van der Waals surface area contributed by atoms with Gasteiger partial charge in [0.15, 0.2) is 0 Å². The SMILES string of the molecule is C[n+]1[c-]n(-c2cccc(-n3[c-][n+](-c4ccccc4O)cc3)c2)cc1. The van der Waals surface area contributed by atoms with Gasteiger partial charge in [0.1, 0.15) is 11.4 Å². The van der Waals surface area contributed by atoms with Gasteiger partial charge in [0, 0.05) is 30.5 Å². The van der Waals surface area contributed by atoms with Gasteiger partial charge in [-0.3, -0.25) is 9.13 Å². The summed E-state index contributed by atoms with van der Waals surface area (Å²) in [6.07, 6.45) is 14.1. The first-order valence-electron chi connectivity index (χ1n) is 7.58. The van der Waals surface area contributed by atoms with E-state index in [-0.39, 0.29) is 5.75 Å². The molecule has 0 radical (unpaired) electrons. The van der Waals surface area contributed by atoms with Gasteiger partial charge in [-0.25, -0.2) is 0 Å². The largest absolute Gasteiger partial charge is 0.511 e. The van der Waals surface area contributed by atoms with Crippen LogP contribution in [0, 0.1) is 12.7 Å². The normalized spacial score (nSPS) is 10.9. The Morgan fingerprint density at radius 1 is 0.875 bits per heavy atom. The fraction of sp³-hybridized carbons (Fsp3) is 0.0526. The Labute approximate surface area is 139 Å². The summed E-state index contributed by atoms with van der Waals surface area (Å²) in [7, 11) is 1.94. The molecule has 5 nitrogen and oxygen atoms in total. The molecule has 0 aliphatic carbocycles. The highest BCUT2D eigenvalue weighted by Gasteiger charge is 2.06. The van der Waals surface area contributed by atoms with Crippen molar-refractivity contribution in [1.82, 2.24) is 9.13 Å². The molecular weight excluding hydrogens is 300 g/mol. The van der Waals surface area contributed by atoms with E-state index in [1.807, 2.05) is 75.9 Å².